The van der Waals surface area contributed by atoms with E-state index in [1.165, 1.54) is 0 Å². The van der Waals surface area contributed by atoms with Crippen LogP contribution in [0.4, 0.5) is 0 Å². The quantitative estimate of drug-likeness (QED) is 0.231. The first-order valence-corrected chi connectivity index (χ1v) is 6.23. The number of carbonyl (C=O) groups is 6. The molecule has 0 aromatic rings. The van der Waals surface area contributed by atoms with Gasteiger partial charge in [0.2, 0.25) is 0 Å². The molecule has 0 aliphatic rings. The summed E-state index contributed by atoms with van der Waals surface area (Å²) in [5, 5.41) is 77.9. The maximum absolute atomic E-state index is 10.1. The largest absolute Gasteiger partial charge is 2.00 e. The molecule has 0 saturated heterocycles. The van der Waals surface area contributed by atoms with E-state index in [0.717, 1.165) is 0 Å². The van der Waals surface area contributed by atoms with Crippen molar-refractivity contribution < 1.29 is 121 Å². The molecule has 2 N–H and O–H groups in total. The molecule has 175 valence electrons. The molecule has 0 fully saturated rings. The predicted octanol–water partition coefficient (Wildman–Crippen LogP) is -10.5. The van der Waals surface area contributed by atoms with Crippen molar-refractivity contribution in [2.24, 2.45) is 0 Å². The van der Waals surface area contributed by atoms with Crippen molar-refractivity contribution in [3.05, 3.63) is 0 Å². The third kappa shape index (κ3) is 16.9. The summed E-state index contributed by atoms with van der Waals surface area (Å²) in [5.74, 6) is -12.0. The zero-order valence-electron chi connectivity index (χ0n) is 13.5. The Kier molecular flexibility index (Phi) is 21.1. The molecule has 0 bridgehead atoms. The Bertz CT molecular complexity index is 521. The van der Waals surface area contributed by atoms with Gasteiger partial charge in [0.25, 0.3) is 0 Å². The molecule has 0 heterocycles. The Morgan fingerprint density at radius 1 is 0.483 bits per heavy atom. The Balaban J connectivity index is -0.000000120. The van der Waals surface area contributed by atoms with Crippen LogP contribution in [0.15, 0.2) is 0 Å². The molecule has 0 saturated carbocycles. The number of aliphatic hydroxyl groups is 2. The van der Waals surface area contributed by atoms with Crippen LogP contribution in [-0.2, 0) is 80.0 Å². The number of hydrogen-bond acceptors (Lipinski definition) is 14. The van der Waals surface area contributed by atoms with Gasteiger partial charge >= 0.3 is 51.2 Å². The van der Waals surface area contributed by atoms with E-state index < -0.39 is 72.7 Å². The number of carboxylic acids is 6. The number of aliphatic carboxylic acids is 6. The third-order valence-corrected chi connectivity index (χ3v) is 2.51. The van der Waals surface area contributed by atoms with Crippen molar-refractivity contribution in [3.63, 3.8) is 0 Å². The average molecular weight is 569 g/mol. The van der Waals surface area contributed by atoms with E-state index in [-0.39, 0.29) is 51.2 Å². The van der Waals surface area contributed by atoms with Crippen molar-refractivity contribution in [1.82, 2.24) is 0 Å². The molecule has 0 unspecified atom stereocenters. The van der Waals surface area contributed by atoms with Gasteiger partial charge in [-0.2, -0.15) is 0 Å². The van der Waals surface area contributed by atoms with Gasteiger partial charge in [-0.25, -0.2) is 0 Å². The van der Waals surface area contributed by atoms with E-state index in [9.17, 15) is 59.4 Å². The van der Waals surface area contributed by atoms with Crippen LogP contribution in [-0.4, -0.2) is 57.2 Å². The summed E-state index contributed by atoms with van der Waals surface area (Å²) >= 11 is 0. The normalized spacial score (nSPS) is 9.72. The molecule has 3 radical (unpaired) electrons. The van der Waals surface area contributed by atoms with Crippen LogP contribution in [0.2, 0.25) is 0 Å². The summed E-state index contributed by atoms with van der Waals surface area (Å²) < 4.78 is 0. The number of carbonyl (C=O) groups excluding carboxylic acids is 6. The minimum atomic E-state index is -2.97. The fraction of sp³-hybridized carbons (Fsp3) is 0.500. The van der Waals surface area contributed by atoms with Crippen molar-refractivity contribution in [1.29, 1.82) is 0 Å². The van der Waals surface area contributed by atoms with Gasteiger partial charge < -0.3 is 69.6 Å². The van der Waals surface area contributed by atoms with Crippen LogP contribution in [0.25, 0.3) is 0 Å². The summed E-state index contributed by atoms with van der Waals surface area (Å²) in [6.45, 7) is 0. The molecular formula is C12H10Cu3O14. The molecule has 0 spiro atoms. The predicted molar refractivity (Wildman–Crippen MR) is 58.4 cm³/mol. The van der Waals surface area contributed by atoms with Crippen molar-refractivity contribution in [3.8, 4) is 0 Å². The fourth-order valence-electron chi connectivity index (χ4n) is 1.37. The maximum atomic E-state index is 10.1. The van der Waals surface area contributed by atoms with Crippen LogP contribution in [0.5, 0.6) is 0 Å². The molecule has 0 aliphatic carbocycles. The van der Waals surface area contributed by atoms with Gasteiger partial charge in [0, 0.05) is 49.6 Å². The Labute approximate surface area is 193 Å². The molecule has 0 amide bonds. The molecule has 29 heavy (non-hydrogen) atoms. The summed E-state index contributed by atoms with van der Waals surface area (Å²) in [4.78, 5) is 60.0. The van der Waals surface area contributed by atoms with Gasteiger partial charge in [0.15, 0.2) is 0 Å². The second-order valence-electron chi connectivity index (χ2n) is 4.83. The summed E-state index contributed by atoms with van der Waals surface area (Å²) in [5.41, 5.74) is -5.95. The molecule has 0 aromatic carbocycles. The minimum absolute atomic E-state index is 0. The number of carboxylic acid groups (broad SMARTS) is 6. The fourth-order valence-corrected chi connectivity index (χ4v) is 1.37. The second kappa shape index (κ2) is 16.1. The Morgan fingerprint density at radius 2 is 0.621 bits per heavy atom. The standard InChI is InChI=1S/2C6H8O7.3Cu/c2*7-3(8)1-6(13,5(11)12)2-4(9)10;;;/h2*13H,1-2H2,(H,7,8)(H,9,10)(H,11,12);;;/q;;3*+2/p-6. The maximum Gasteiger partial charge on any atom is 2.00 e. The van der Waals surface area contributed by atoms with Gasteiger partial charge in [-0.05, 0) is 0 Å². The topological polar surface area (TPSA) is 281 Å². The number of rotatable bonds is 10. The second-order valence-corrected chi connectivity index (χ2v) is 4.83. The van der Waals surface area contributed by atoms with E-state index in [0.29, 0.717) is 0 Å². The molecule has 0 aliphatic heterocycles. The van der Waals surface area contributed by atoms with Gasteiger partial charge in [0.05, 0.1) is 11.9 Å². The van der Waals surface area contributed by atoms with Gasteiger partial charge in [-0.15, -0.1) is 0 Å². The minimum Gasteiger partial charge on any atom is -0.550 e. The molecule has 0 rings (SSSR count). The van der Waals surface area contributed by atoms with Crippen LogP contribution in [0, 0.1) is 0 Å². The van der Waals surface area contributed by atoms with Crippen molar-refractivity contribution >= 4 is 35.8 Å². The van der Waals surface area contributed by atoms with Gasteiger partial charge in [-0.3, -0.25) is 0 Å². The Morgan fingerprint density at radius 3 is 0.690 bits per heavy atom. The smallest absolute Gasteiger partial charge is 0.550 e. The van der Waals surface area contributed by atoms with E-state index in [1.807, 2.05) is 0 Å². The average Bonchev–Trinajstić information content (AvgIpc) is 2.34. The SMILES string of the molecule is O=C([O-])CC(O)(CC(=O)[O-])C(=O)[O-].O=C([O-])CC(O)(CC(=O)[O-])C(=O)[O-].[Cu+2].[Cu+2].[Cu+2]. The summed E-state index contributed by atoms with van der Waals surface area (Å²) in [6, 6.07) is 0. The van der Waals surface area contributed by atoms with Crippen LogP contribution >= 0.6 is 0 Å². The first-order chi connectivity index (χ1) is 11.6. The van der Waals surface area contributed by atoms with Crippen LogP contribution in [0.3, 0.4) is 0 Å². The molecular weight excluding hydrogens is 559 g/mol. The molecule has 0 aromatic heterocycles. The van der Waals surface area contributed by atoms with Crippen LogP contribution < -0.4 is 30.6 Å². The van der Waals surface area contributed by atoms with E-state index in [1.54, 1.807) is 0 Å². The zero-order chi connectivity index (χ0) is 21.3. The molecule has 0 atom stereocenters. The van der Waals surface area contributed by atoms with E-state index in [2.05, 4.69) is 0 Å². The van der Waals surface area contributed by atoms with Gasteiger partial charge in [-0.1, -0.05) is 0 Å². The first kappa shape index (κ1) is 38.0. The first-order valence-electron chi connectivity index (χ1n) is 6.23. The van der Waals surface area contributed by atoms with E-state index in [4.69, 9.17) is 10.2 Å². The summed E-state index contributed by atoms with van der Waals surface area (Å²) in [7, 11) is 0. The molecule has 17 heteroatoms. The van der Waals surface area contributed by atoms with Crippen molar-refractivity contribution in [2.75, 3.05) is 0 Å². The monoisotopic (exact) mass is 567 g/mol. The van der Waals surface area contributed by atoms with Crippen molar-refractivity contribution in [2.45, 2.75) is 36.9 Å². The molecule has 14 nitrogen and oxygen atoms in total. The summed E-state index contributed by atoms with van der Waals surface area (Å²) in [6.07, 6.45) is -5.43. The van der Waals surface area contributed by atoms with Crippen LogP contribution in [0.1, 0.15) is 25.7 Å². The Hall–Kier alpha value is -1.70. The number of hydrogen-bond donors (Lipinski definition) is 2. The van der Waals surface area contributed by atoms with E-state index >= 15 is 0 Å². The van der Waals surface area contributed by atoms with Gasteiger partial charge in [0.1, 0.15) is 11.2 Å². The third-order valence-electron chi connectivity index (χ3n) is 2.51. The zero-order valence-corrected chi connectivity index (χ0v) is 16.4.